The monoisotopic (exact) mass is 313 g/mol. The van der Waals surface area contributed by atoms with Gasteiger partial charge in [0.2, 0.25) is 5.91 Å². The Balaban J connectivity index is 2.32. The molecule has 2 aliphatic heterocycles. The molecule has 21 heavy (non-hydrogen) atoms. The van der Waals surface area contributed by atoms with Crippen LogP contribution in [0, 0.1) is 5.92 Å². The van der Waals surface area contributed by atoms with Gasteiger partial charge in [0, 0.05) is 18.1 Å². The number of fused-ring (bicyclic) bond motifs is 4. The number of carbonyl (C=O) groups is 2. The summed E-state index contributed by atoms with van der Waals surface area (Å²) < 4.78 is 11.2. The highest BCUT2D eigenvalue weighted by Crippen LogP contribution is 2.32. The maximum atomic E-state index is 12.5. The van der Waals surface area contributed by atoms with Crippen molar-refractivity contribution < 1.29 is 24.2 Å². The molecule has 1 aliphatic carbocycles. The van der Waals surface area contributed by atoms with Crippen molar-refractivity contribution in [3.63, 3.8) is 0 Å². The molecule has 1 N–H and O–H groups in total. The largest absolute Gasteiger partial charge is 0.492 e. The van der Waals surface area contributed by atoms with Gasteiger partial charge >= 0.3 is 5.97 Å². The quantitative estimate of drug-likeness (QED) is 0.742. The minimum Gasteiger partial charge on any atom is -0.492 e. The summed E-state index contributed by atoms with van der Waals surface area (Å²) in [6.07, 6.45) is 5.60. The van der Waals surface area contributed by atoms with E-state index in [2.05, 4.69) is 12.6 Å². The van der Waals surface area contributed by atoms with Crippen LogP contribution in [-0.4, -0.2) is 53.1 Å². The molecule has 1 amide bonds. The zero-order valence-corrected chi connectivity index (χ0v) is 12.7. The van der Waals surface area contributed by atoms with Crippen LogP contribution in [0.1, 0.15) is 13.3 Å². The number of aliphatic carboxylic acids is 1. The van der Waals surface area contributed by atoms with E-state index >= 15 is 0 Å². The van der Waals surface area contributed by atoms with E-state index < -0.39 is 18.2 Å². The number of hydrogen-bond donors (Lipinski definition) is 2. The van der Waals surface area contributed by atoms with Crippen LogP contribution in [0.4, 0.5) is 0 Å². The number of nitrogens with zero attached hydrogens (tertiary/aromatic N) is 1. The Hall–Kier alpha value is -1.47. The Morgan fingerprint density at radius 2 is 2.29 bits per heavy atom. The Morgan fingerprint density at radius 1 is 1.52 bits per heavy atom. The van der Waals surface area contributed by atoms with Crippen LogP contribution in [0.25, 0.3) is 0 Å². The van der Waals surface area contributed by atoms with Gasteiger partial charge in [-0.3, -0.25) is 14.5 Å². The van der Waals surface area contributed by atoms with Gasteiger partial charge in [-0.2, -0.15) is 12.6 Å². The lowest BCUT2D eigenvalue weighted by molar-refractivity contribution is -0.176. The summed E-state index contributed by atoms with van der Waals surface area (Å²) in [6.45, 7) is 1.97. The van der Waals surface area contributed by atoms with Crippen LogP contribution in [0.5, 0.6) is 0 Å². The molecule has 0 fully saturated rings. The summed E-state index contributed by atoms with van der Waals surface area (Å²) >= 11 is 4.12. The SMILES string of the molecule is CC(CS)C(=O)N(CC(=O)O)C12C=CC(=CC1)OCCO2. The highest BCUT2D eigenvalue weighted by molar-refractivity contribution is 7.80. The van der Waals surface area contributed by atoms with Crippen LogP contribution in [0.15, 0.2) is 24.0 Å². The molecule has 0 spiro atoms. The molecule has 0 aromatic rings. The normalized spacial score (nSPS) is 25.3. The number of allylic oxidation sites excluding steroid dienone is 1. The molecule has 3 aliphatic rings. The van der Waals surface area contributed by atoms with Crippen LogP contribution >= 0.6 is 12.6 Å². The maximum absolute atomic E-state index is 12.5. The van der Waals surface area contributed by atoms with E-state index in [9.17, 15) is 9.59 Å². The number of hydrogen-bond acceptors (Lipinski definition) is 5. The summed E-state index contributed by atoms with van der Waals surface area (Å²) in [4.78, 5) is 25.0. The lowest BCUT2D eigenvalue weighted by Gasteiger charge is -2.43. The predicted molar refractivity (Wildman–Crippen MR) is 78.8 cm³/mol. The summed E-state index contributed by atoms with van der Waals surface area (Å²) in [7, 11) is 0. The Labute approximate surface area is 128 Å². The standard InChI is InChI=1S/C14H19NO5S/c1-10(9-21)13(18)15(8-12(16)17)14-4-2-11(3-5-14)19-6-7-20-14/h2-4,10,21H,5-9H2,1H3,(H,16,17). The van der Waals surface area contributed by atoms with Crippen LogP contribution in [0.3, 0.4) is 0 Å². The fraction of sp³-hybridized carbons (Fsp3) is 0.571. The van der Waals surface area contributed by atoms with Gasteiger partial charge in [0.15, 0.2) is 5.72 Å². The Morgan fingerprint density at radius 3 is 2.86 bits per heavy atom. The highest BCUT2D eigenvalue weighted by atomic mass is 32.1. The molecule has 7 heteroatoms. The highest BCUT2D eigenvalue weighted by Gasteiger charge is 2.42. The van der Waals surface area contributed by atoms with Crippen molar-refractivity contribution in [1.29, 1.82) is 0 Å². The smallest absolute Gasteiger partial charge is 0.323 e. The molecular formula is C14H19NO5S. The molecule has 2 unspecified atom stereocenters. The zero-order valence-electron chi connectivity index (χ0n) is 11.8. The molecular weight excluding hydrogens is 294 g/mol. The van der Waals surface area contributed by atoms with Crippen molar-refractivity contribution in [2.45, 2.75) is 19.1 Å². The molecule has 0 aromatic heterocycles. The van der Waals surface area contributed by atoms with Crippen molar-refractivity contribution in [3.8, 4) is 0 Å². The molecule has 116 valence electrons. The molecule has 0 saturated heterocycles. The Bertz CT molecular complexity index is 490. The van der Waals surface area contributed by atoms with Gasteiger partial charge in [-0.25, -0.2) is 0 Å². The van der Waals surface area contributed by atoms with Crippen molar-refractivity contribution >= 4 is 24.5 Å². The molecule has 2 heterocycles. The second-order valence-corrected chi connectivity index (χ2v) is 5.45. The van der Waals surface area contributed by atoms with Gasteiger partial charge in [0.25, 0.3) is 0 Å². The van der Waals surface area contributed by atoms with Crippen molar-refractivity contribution in [1.82, 2.24) is 4.90 Å². The second-order valence-electron chi connectivity index (χ2n) is 5.09. The van der Waals surface area contributed by atoms with Gasteiger partial charge in [0.05, 0.1) is 6.61 Å². The summed E-state index contributed by atoms with van der Waals surface area (Å²) in [6, 6.07) is 0. The summed E-state index contributed by atoms with van der Waals surface area (Å²) in [5.74, 6) is -0.673. The van der Waals surface area contributed by atoms with Crippen LogP contribution in [0.2, 0.25) is 0 Å². The van der Waals surface area contributed by atoms with Crippen molar-refractivity contribution in [2.75, 3.05) is 25.5 Å². The molecule has 2 bridgehead atoms. The first-order valence-electron chi connectivity index (χ1n) is 6.79. The van der Waals surface area contributed by atoms with Gasteiger partial charge < -0.3 is 14.6 Å². The number of ether oxygens (including phenoxy) is 2. The second kappa shape index (κ2) is 6.53. The third-order valence-electron chi connectivity index (χ3n) is 3.52. The van der Waals surface area contributed by atoms with Gasteiger partial charge in [0.1, 0.15) is 18.9 Å². The van der Waals surface area contributed by atoms with E-state index in [1.165, 1.54) is 4.90 Å². The summed E-state index contributed by atoms with van der Waals surface area (Å²) in [5, 5.41) is 9.13. The van der Waals surface area contributed by atoms with Crippen LogP contribution < -0.4 is 0 Å². The minimum atomic E-state index is -1.07. The van der Waals surface area contributed by atoms with Crippen molar-refractivity contribution in [3.05, 3.63) is 24.0 Å². The third-order valence-corrected chi connectivity index (χ3v) is 4.07. The number of rotatable bonds is 5. The molecule has 0 aromatic carbocycles. The molecule has 2 atom stereocenters. The third kappa shape index (κ3) is 3.41. The van der Waals surface area contributed by atoms with Gasteiger partial charge in [-0.05, 0) is 18.2 Å². The minimum absolute atomic E-state index is 0.282. The fourth-order valence-electron chi connectivity index (χ4n) is 2.34. The average molecular weight is 313 g/mol. The molecule has 0 radical (unpaired) electrons. The van der Waals surface area contributed by atoms with E-state index in [4.69, 9.17) is 14.6 Å². The van der Waals surface area contributed by atoms with E-state index in [0.29, 0.717) is 25.4 Å². The number of thiol groups is 1. The van der Waals surface area contributed by atoms with E-state index in [0.717, 1.165) is 5.76 Å². The molecule has 6 nitrogen and oxygen atoms in total. The van der Waals surface area contributed by atoms with Gasteiger partial charge in [-0.1, -0.05) is 6.92 Å². The fourth-order valence-corrected chi connectivity index (χ4v) is 2.50. The lowest BCUT2D eigenvalue weighted by Crippen LogP contribution is -2.57. The number of carbonyl (C=O) groups excluding carboxylic acids is 1. The first-order valence-corrected chi connectivity index (χ1v) is 7.42. The summed E-state index contributed by atoms with van der Waals surface area (Å²) in [5.41, 5.74) is -1.06. The van der Waals surface area contributed by atoms with Crippen molar-refractivity contribution in [2.24, 2.45) is 5.92 Å². The Kier molecular flexibility index (Phi) is 4.95. The van der Waals surface area contributed by atoms with Crippen LogP contribution in [-0.2, 0) is 19.1 Å². The number of carboxylic acid groups (broad SMARTS) is 1. The number of amides is 1. The topological polar surface area (TPSA) is 76.1 Å². The predicted octanol–water partition coefficient (Wildman–Crippen LogP) is 1.05. The molecule has 3 rings (SSSR count). The average Bonchev–Trinajstić information content (AvgIpc) is 2.44. The lowest BCUT2D eigenvalue weighted by atomic mass is 9.98. The molecule has 0 saturated carbocycles. The van der Waals surface area contributed by atoms with E-state index in [-0.39, 0.29) is 11.8 Å². The van der Waals surface area contributed by atoms with E-state index in [1.807, 2.05) is 6.08 Å². The zero-order chi connectivity index (χ0) is 15.5. The maximum Gasteiger partial charge on any atom is 0.323 e. The number of carboxylic acids is 1. The van der Waals surface area contributed by atoms with Gasteiger partial charge in [-0.15, -0.1) is 0 Å². The van der Waals surface area contributed by atoms with E-state index in [1.54, 1.807) is 19.1 Å². The first kappa shape index (κ1) is 15.9. The first-order chi connectivity index (χ1) is 9.98.